The topological polar surface area (TPSA) is 63.0 Å². The normalized spacial score (nSPS) is 14.5. The molecular formula is C12H10N4O. The van der Waals surface area contributed by atoms with Crippen LogP contribution in [-0.2, 0) is 0 Å². The van der Waals surface area contributed by atoms with E-state index in [1.165, 1.54) is 0 Å². The predicted octanol–water partition coefficient (Wildman–Crippen LogP) is 1.68. The summed E-state index contributed by atoms with van der Waals surface area (Å²) >= 11 is 0. The van der Waals surface area contributed by atoms with Crippen LogP contribution in [0.3, 0.4) is 0 Å². The molecule has 2 aromatic rings. The number of hydrogen-bond acceptors (Lipinski definition) is 4. The highest BCUT2D eigenvalue weighted by Crippen LogP contribution is 2.22. The number of nitrogens with one attached hydrogen (secondary N) is 1. The molecule has 84 valence electrons. The van der Waals surface area contributed by atoms with Crippen LogP contribution in [0.15, 0.2) is 48.7 Å². The quantitative estimate of drug-likeness (QED) is 0.726. The molecule has 2 N–H and O–H groups in total. The predicted molar refractivity (Wildman–Crippen MR) is 64.1 cm³/mol. The molecule has 2 heterocycles. The van der Waals surface area contributed by atoms with Crippen LogP contribution in [0.4, 0.5) is 0 Å². The van der Waals surface area contributed by atoms with Crippen molar-refractivity contribution in [3.05, 3.63) is 54.3 Å². The first kappa shape index (κ1) is 9.65. The molecule has 1 aromatic carbocycles. The fourth-order valence-electron chi connectivity index (χ4n) is 1.80. The summed E-state index contributed by atoms with van der Waals surface area (Å²) in [6, 6.07) is 5.60. The third-order valence-corrected chi connectivity index (χ3v) is 2.56. The Labute approximate surface area is 97.3 Å². The fraction of sp³-hybridized carbons (Fsp3) is 0. The van der Waals surface area contributed by atoms with Gasteiger partial charge in [-0.25, -0.2) is 0 Å². The molecular weight excluding hydrogens is 216 g/mol. The van der Waals surface area contributed by atoms with Gasteiger partial charge in [0.05, 0.1) is 0 Å². The van der Waals surface area contributed by atoms with Gasteiger partial charge in [-0.05, 0) is 23.4 Å². The molecule has 0 atom stereocenters. The van der Waals surface area contributed by atoms with Gasteiger partial charge in [-0.3, -0.25) is 0 Å². The van der Waals surface area contributed by atoms with Gasteiger partial charge in [-0.1, -0.05) is 29.1 Å². The maximum atomic E-state index is 9.65. The van der Waals surface area contributed by atoms with E-state index in [-0.39, 0.29) is 0 Å². The maximum absolute atomic E-state index is 9.65. The van der Waals surface area contributed by atoms with E-state index in [0.29, 0.717) is 11.0 Å². The molecule has 1 aromatic heterocycles. The van der Waals surface area contributed by atoms with Gasteiger partial charge in [0.15, 0.2) is 0 Å². The summed E-state index contributed by atoms with van der Waals surface area (Å²) < 4.78 is 0. The van der Waals surface area contributed by atoms with Gasteiger partial charge in [0.2, 0.25) is 0 Å². The molecule has 5 nitrogen and oxygen atoms in total. The lowest BCUT2D eigenvalue weighted by Gasteiger charge is -2.07. The Hall–Kier alpha value is -2.56. The smallest absolute Gasteiger partial charge is 0.139 e. The Balaban J connectivity index is 2.23. The Bertz CT molecular complexity index is 652. The van der Waals surface area contributed by atoms with E-state index in [4.69, 9.17) is 0 Å². The summed E-state index contributed by atoms with van der Waals surface area (Å²) in [5.74, 6) is 0. The van der Waals surface area contributed by atoms with Gasteiger partial charge in [0.1, 0.15) is 11.0 Å². The van der Waals surface area contributed by atoms with Crippen molar-refractivity contribution in [2.75, 3.05) is 0 Å². The van der Waals surface area contributed by atoms with E-state index in [9.17, 15) is 5.21 Å². The van der Waals surface area contributed by atoms with E-state index in [1.807, 2.05) is 48.7 Å². The number of hydrogen-bond donors (Lipinski definition) is 2. The zero-order chi connectivity index (χ0) is 11.7. The van der Waals surface area contributed by atoms with Crippen molar-refractivity contribution >= 4 is 16.7 Å². The summed E-state index contributed by atoms with van der Waals surface area (Å²) in [5, 5.41) is 20.3. The van der Waals surface area contributed by atoms with Gasteiger partial charge in [0.25, 0.3) is 0 Å². The van der Waals surface area contributed by atoms with Crippen molar-refractivity contribution in [1.29, 1.82) is 0 Å². The van der Waals surface area contributed by atoms with Crippen molar-refractivity contribution in [2.45, 2.75) is 0 Å². The average molecular weight is 226 g/mol. The van der Waals surface area contributed by atoms with Gasteiger partial charge >= 0.3 is 0 Å². The Morgan fingerprint density at radius 2 is 2.12 bits per heavy atom. The van der Waals surface area contributed by atoms with Crippen LogP contribution in [0.5, 0.6) is 0 Å². The molecule has 1 aliphatic rings. The fourth-order valence-corrected chi connectivity index (χ4v) is 1.80. The molecule has 0 spiro atoms. The van der Waals surface area contributed by atoms with Crippen LogP contribution in [0, 0.1) is 0 Å². The lowest BCUT2D eigenvalue weighted by molar-refractivity contribution is 0.154. The molecule has 1 aliphatic heterocycles. The van der Waals surface area contributed by atoms with Gasteiger partial charge < -0.3 is 10.5 Å². The molecule has 3 rings (SSSR count). The van der Waals surface area contributed by atoms with E-state index in [0.717, 1.165) is 16.1 Å². The minimum absolute atomic E-state index is 0.593. The molecule has 17 heavy (non-hydrogen) atoms. The van der Waals surface area contributed by atoms with Gasteiger partial charge in [0, 0.05) is 17.5 Å². The van der Waals surface area contributed by atoms with Crippen LogP contribution in [0.1, 0.15) is 5.56 Å². The van der Waals surface area contributed by atoms with Crippen LogP contribution < -0.4 is 5.32 Å². The Morgan fingerprint density at radius 1 is 1.18 bits per heavy atom. The standard InChI is InChI=1S/C12H10N4O/c17-16-12-9(5-4-7-11(12)14-15-16)10-6-2-1-3-8-13-10/h1-8,13,17H. The summed E-state index contributed by atoms with van der Waals surface area (Å²) in [6.07, 6.45) is 9.52. The number of nitrogens with zero attached hydrogens (tertiary/aromatic N) is 3. The largest absolute Gasteiger partial charge is 0.410 e. The second-order valence-corrected chi connectivity index (χ2v) is 3.62. The SMILES string of the molecule is On1nnc2cccc(C3=CC=CC=CN3)c21. The highest BCUT2D eigenvalue weighted by atomic mass is 16.5. The highest BCUT2D eigenvalue weighted by Gasteiger charge is 2.11. The van der Waals surface area contributed by atoms with Crippen molar-refractivity contribution in [3.63, 3.8) is 0 Å². The van der Waals surface area contributed by atoms with E-state index >= 15 is 0 Å². The van der Waals surface area contributed by atoms with Crippen LogP contribution in [0.25, 0.3) is 16.7 Å². The average Bonchev–Trinajstić information content (AvgIpc) is 2.59. The second-order valence-electron chi connectivity index (χ2n) is 3.62. The summed E-state index contributed by atoms with van der Waals surface area (Å²) in [7, 11) is 0. The number of para-hydroxylation sites is 1. The Morgan fingerprint density at radius 3 is 3.06 bits per heavy atom. The molecule has 0 amide bonds. The molecule has 0 bridgehead atoms. The van der Waals surface area contributed by atoms with Crippen molar-refractivity contribution < 1.29 is 5.21 Å². The molecule has 0 saturated carbocycles. The number of fused-ring (bicyclic) bond motifs is 1. The number of aromatic nitrogens is 3. The van der Waals surface area contributed by atoms with Crippen molar-refractivity contribution in [2.24, 2.45) is 0 Å². The lowest BCUT2D eigenvalue weighted by Crippen LogP contribution is -2.05. The monoisotopic (exact) mass is 226 g/mol. The molecule has 0 saturated heterocycles. The molecule has 0 radical (unpaired) electrons. The second kappa shape index (κ2) is 3.79. The number of rotatable bonds is 1. The molecule has 0 unspecified atom stereocenters. The van der Waals surface area contributed by atoms with Crippen molar-refractivity contribution in [3.8, 4) is 0 Å². The minimum atomic E-state index is 0.593. The zero-order valence-electron chi connectivity index (χ0n) is 8.91. The minimum Gasteiger partial charge on any atom is -0.410 e. The van der Waals surface area contributed by atoms with Gasteiger partial charge in [-0.2, -0.15) is 0 Å². The third kappa shape index (κ3) is 1.57. The lowest BCUT2D eigenvalue weighted by atomic mass is 10.1. The van der Waals surface area contributed by atoms with Crippen LogP contribution in [-0.4, -0.2) is 20.4 Å². The first-order chi connectivity index (χ1) is 8.36. The molecule has 5 heteroatoms. The highest BCUT2D eigenvalue weighted by molar-refractivity contribution is 5.88. The van der Waals surface area contributed by atoms with E-state index < -0.39 is 0 Å². The summed E-state index contributed by atoms with van der Waals surface area (Å²) in [6.45, 7) is 0. The van der Waals surface area contributed by atoms with Crippen LogP contribution in [0.2, 0.25) is 0 Å². The van der Waals surface area contributed by atoms with Crippen LogP contribution >= 0.6 is 0 Å². The van der Waals surface area contributed by atoms with Crippen molar-refractivity contribution in [1.82, 2.24) is 20.5 Å². The summed E-state index contributed by atoms with van der Waals surface area (Å²) in [4.78, 5) is 0.797. The number of allylic oxidation sites excluding steroid dienone is 4. The molecule has 0 fully saturated rings. The first-order valence-corrected chi connectivity index (χ1v) is 5.20. The van der Waals surface area contributed by atoms with Gasteiger partial charge in [-0.15, -0.1) is 5.10 Å². The third-order valence-electron chi connectivity index (χ3n) is 2.56. The summed E-state index contributed by atoms with van der Waals surface area (Å²) in [5.41, 5.74) is 2.99. The Kier molecular flexibility index (Phi) is 2.15. The maximum Gasteiger partial charge on any atom is 0.139 e. The number of benzene rings is 1. The zero-order valence-corrected chi connectivity index (χ0v) is 8.91. The van der Waals surface area contributed by atoms with E-state index in [2.05, 4.69) is 15.6 Å². The van der Waals surface area contributed by atoms with E-state index in [1.54, 1.807) is 0 Å². The molecule has 0 aliphatic carbocycles. The first-order valence-electron chi connectivity index (χ1n) is 5.20.